The topological polar surface area (TPSA) is 57.0 Å². The molecule has 1 heterocycles. The van der Waals surface area contributed by atoms with Crippen molar-refractivity contribution in [2.45, 2.75) is 19.9 Å². The number of rotatable bonds is 5. The maximum Gasteiger partial charge on any atom is 0.360 e. The number of aromatic nitrogens is 3. The largest absolute Gasteiger partial charge is 0.461 e. The standard InChI is InChI=1S/C13H15N3O2/c1-2-18-13(17)12-10-16(15-14-12)9-8-11-6-4-3-5-7-11/h3-7,10H,2,8-9H2,1H3. The van der Waals surface area contributed by atoms with Crippen LogP contribution in [0.5, 0.6) is 0 Å². The van der Waals surface area contributed by atoms with Gasteiger partial charge >= 0.3 is 5.97 Å². The highest BCUT2D eigenvalue weighted by Crippen LogP contribution is 2.02. The van der Waals surface area contributed by atoms with E-state index < -0.39 is 5.97 Å². The molecule has 1 aromatic carbocycles. The predicted octanol–water partition coefficient (Wildman–Crippen LogP) is 1.70. The molecule has 0 fully saturated rings. The van der Waals surface area contributed by atoms with Crippen LogP contribution in [0.4, 0.5) is 0 Å². The van der Waals surface area contributed by atoms with Crippen molar-refractivity contribution in [3.8, 4) is 0 Å². The van der Waals surface area contributed by atoms with E-state index in [0.717, 1.165) is 6.42 Å². The van der Waals surface area contributed by atoms with E-state index in [1.165, 1.54) is 5.56 Å². The molecule has 0 aliphatic heterocycles. The van der Waals surface area contributed by atoms with Gasteiger partial charge in [-0.05, 0) is 18.9 Å². The Morgan fingerprint density at radius 2 is 2.11 bits per heavy atom. The Balaban J connectivity index is 1.93. The minimum Gasteiger partial charge on any atom is -0.461 e. The van der Waals surface area contributed by atoms with Gasteiger partial charge in [-0.3, -0.25) is 4.68 Å². The molecule has 0 saturated heterocycles. The first-order valence-corrected chi connectivity index (χ1v) is 5.90. The zero-order valence-electron chi connectivity index (χ0n) is 10.2. The van der Waals surface area contributed by atoms with Gasteiger partial charge in [-0.25, -0.2) is 4.79 Å². The minimum atomic E-state index is -0.427. The van der Waals surface area contributed by atoms with E-state index in [0.29, 0.717) is 13.2 Å². The van der Waals surface area contributed by atoms with Gasteiger partial charge in [0.1, 0.15) is 0 Å². The first-order chi connectivity index (χ1) is 8.79. The number of hydrogen-bond acceptors (Lipinski definition) is 4. The number of benzene rings is 1. The molecule has 0 unspecified atom stereocenters. The molecule has 0 N–H and O–H groups in total. The van der Waals surface area contributed by atoms with E-state index in [2.05, 4.69) is 22.4 Å². The summed E-state index contributed by atoms with van der Waals surface area (Å²) < 4.78 is 6.50. The monoisotopic (exact) mass is 245 g/mol. The lowest BCUT2D eigenvalue weighted by atomic mass is 10.1. The fraction of sp³-hybridized carbons (Fsp3) is 0.308. The summed E-state index contributed by atoms with van der Waals surface area (Å²) in [5.41, 5.74) is 1.48. The molecule has 0 aliphatic rings. The molecule has 0 aliphatic carbocycles. The molecule has 2 aromatic rings. The van der Waals surface area contributed by atoms with Crippen molar-refractivity contribution < 1.29 is 9.53 Å². The molecule has 0 radical (unpaired) electrons. The van der Waals surface area contributed by atoms with E-state index in [1.807, 2.05) is 18.2 Å². The number of ether oxygens (including phenoxy) is 1. The summed E-state index contributed by atoms with van der Waals surface area (Å²) in [6, 6.07) is 10.1. The number of aryl methyl sites for hydroxylation is 2. The van der Waals surface area contributed by atoms with Crippen molar-refractivity contribution in [1.82, 2.24) is 15.0 Å². The molecule has 94 valence electrons. The number of carbonyl (C=O) groups is 1. The van der Waals surface area contributed by atoms with Gasteiger partial charge in [0.25, 0.3) is 0 Å². The molecule has 0 atom stereocenters. The Labute approximate surface area is 105 Å². The lowest BCUT2D eigenvalue weighted by molar-refractivity contribution is 0.0519. The first kappa shape index (κ1) is 12.3. The van der Waals surface area contributed by atoms with Gasteiger partial charge in [0.2, 0.25) is 0 Å². The second-order valence-electron chi connectivity index (χ2n) is 3.82. The molecule has 1 aromatic heterocycles. The van der Waals surface area contributed by atoms with E-state index in [-0.39, 0.29) is 5.69 Å². The molecular formula is C13H15N3O2. The van der Waals surface area contributed by atoms with Gasteiger partial charge in [-0.2, -0.15) is 0 Å². The normalized spacial score (nSPS) is 10.3. The second-order valence-corrected chi connectivity index (χ2v) is 3.82. The average Bonchev–Trinajstić information content (AvgIpc) is 2.87. The van der Waals surface area contributed by atoms with Crippen molar-refractivity contribution in [2.75, 3.05) is 6.61 Å². The van der Waals surface area contributed by atoms with Crippen molar-refractivity contribution >= 4 is 5.97 Å². The van der Waals surface area contributed by atoms with Crippen LogP contribution in [-0.4, -0.2) is 27.6 Å². The third-order valence-corrected chi connectivity index (χ3v) is 2.50. The Bertz CT molecular complexity index is 508. The van der Waals surface area contributed by atoms with E-state index in [4.69, 9.17) is 4.74 Å². The number of esters is 1. The van der Waals surface area contributed by atoms with Crippen LogP contribution >= 0.6 is 0 Å². The van der Waals surface area contributed by atoms with E-state index >= 15 is 0 Å². The van der Waals surface area contributed by atoms with Crippen LogP contribution in [0.25, 0.3) is 0 Å². The van der Waals surface area contributed by atoms with Crippen molar-refractivity contribution in [3.63, 3.8) is 0 Å². The molecule has 0 bridgehead atoms. The van der Waals surface area contributed by atoms with Crippen LogP contribution in [0.1, 0.15) is 23.0 Å². The number of nitrogens with zero attached hydrogens (tertiary/aromatic N) is 3. The molecule has 5 heteroatoms. The molecule has 2 rings (SSSR count). The average molecular weight is 245 g/mol. The second kappa shape index (κ2) is 5.95. The number of carbonyl (C=O) groups excluding carboxylic acids is 1. The van der Waals surface area contributed by atoms with Gasteiger partial charge in [0.15, 0.2) is 5.69 Å². The van der Waals surface area contributed by atoms with Gasteiger partial charge < -0.3 is 4.74 Å². The summed E-state index contributed by atoms with van der Waals surface area (Å²) in [6.45, 7) is 2.80. The highest BCUT2D eigenvalue weighted by Gasteiger charge is 2.11. The van der Waals surface area contributed by atoms with Gasteiger partial charge in [-0.15, -0.1) is 5.10 Å². The summed E-state index contributed by atoms with van der Waals surface area (Å²) in [5.74, 6) is -0.427. The molecule has 0 amide bonds. The van der Waals surface area contributed by atoms with Crippen LogP contribution in [0.15, 0.2) is 36.5 Å². The van der Waals surface area contributed by atoms with Crippen LogP contribution in [-0.2, 0) is 17.7 Å². The Morgan fingerprint density at radius 3 is 2.83 bits per heavy atom. The van der Waals surface area contributed by atoms with Gasteiger partial charge in [0.05, 0.1) is 12.8 Å². The smallest absolute Gasteiger partial charge is 0.360 e. The third-order valence-electron chi connectivity index (χ3n) is 2.50. The van der Waals surface area contributed by atoms with Crippen molar-refractivity contribution in [3.05, 3.63) is 47.8 Å². The summed E-state index contributed by atoms with van der Waals surface area (Å²) in [7, 11) is 0. The molecular weight excluding hydrogens is 230 g/mol. The summed E-state index contributed by atoms with van der Waals surface area (Å²) in [4.78, 5) is 11.4. The Hall–Kier alpha value is -2.17. The zero-order valence-corrected chi connectivity index (χ0v) is 10.2. The zero-order chi connectivity index (χ0) is 12.8. The summed E-state index contributed by atoms with van der Waals surface area (Å²) in [6.07, 6.45) is 2.47. The fourth-order valence-corrected chi connectivity index (χ4v) is 1.59. The quantitative estimate of drug-likeness (QED) is 0.752. The Kier molecular flexibility index (Phi) is 4.06. The van der Waals surface area contributed by atoms with Crippen LogP contribution in [0.2, 0.25) is 0 Å². The fourth-order valence-electron chi connectivity index (χ4n) is 1.59. The van der Waals surface area contributed by atoms with Crippen molar-refractivity contribution in [2.24, 2.45) is 0 Å². The molecule has 0 spiro atoms. The summed E-state index contributed by atoms with van der Waals surface area (Å²) in [5, 5.41) is 7.69. The Morgan fingerprint density at radius 1 is 1.33 bits per heavy atom. The lowest BCUT2D eigenvalue weighted by Crippen LogP contribution is -2.05. The molecule has 5 nitrogen and oxygen atoms in total. The molecule has 0 saturated carbocycles. The minimum absolute atomic E-state index is 0.255. The van der Waals surface area contributed by atoms with Crippen LogP contribution < -0.4 is 0 Å². The predicted molar refractivity (Wildman–Crippen MR) is 66.1 cm³/mol. The van der Waals surface area contributed by atoms with Crippen LogP contribution in [0, 0.1) is 0 Å². The van der Waals surface area contributed by atoms with E-state index in [9.17, 15) is 4.79 Å². The van der Waals surface area contributed by atoms with E-state index in [1.54, 1.807) is 17.8 Å². The highest BCUT2D eigenvalue weighted by atomic mass is 16.5. The van der Waals surface area contributed by atoms with Crippen LogP contribution in [0.3, 0.4) is 0 Å². The van der Waals surface area contributed by atoms with Gasteiger partial charge in [-0.1, -0.05) is 35.5 Å². The molecule has 18 heavy (non-hydrogen) atoms. The number of hydrogen-bond donors (Lipinski definition) is 0. The highest BCUT2D eigenvalue weighted by molar-refractivity contribution is 5.86. The van der Waals surface area contributed by atoms with Gasteiger partial charge in [0, 0.05) is 6.54 Å². The first-order valence-electron chi connectivity index (χ1n) is 5.90. The maximum absolute atomic E-state index is 11.4. The lowest BCUT2D eigenvalue weighted by Gasteiger charge is -2.00. The SMILES string of the molecule is CCOC(=O)c1cn(CCc2ccccc2)nn1. The third kappa shape index (κ3) is 3.16. The van der Waals surface area contributed by atoms with Crippen molar-refractivity contribution in [1.29, 1.82) is 0 Å². The maximum atomic E-state index is 11.4. The summed E-state index contributed by atoms with van der Waals surface area (Å²) >= 11 is 0.